The fraction of sp³-hybridized carbons (Fsp3) is 0.286. The van der Waals surface area contributed by atoms with E-state index in [2.05, 4.69) is 15.1 Å². The van der Waals surface area contributed by atoms with E-state index in [4.69, 9.17) is 5.73 Å². The minimum atomic E-state index is -2.80. The SMILES string of the molecule is Nc1nc2cc(F)c(C(=O)N(Cc3ccc(-c4cnn(C(F)F)c4)cc3F)C34CCC(C3)C4)cc2n2cncc12. The van der Waals surface area contributed by atoms with Crippen molar-refractivity contribution in [2.24, 2.45) is 5.92 Å². The van der Waals surface area contributed by atoms with Crippen molar-refractivity contribution in [3.63, 3.8) is 0 Å². The van der Waals surface area contributed by atoms with Crippen LogP contribution in [-0.2, 0) is 6.54 Å². The number of benzene rings is 2. The summed E-state index contributed by atoms with van der Waals surface area (Å²) in [5.74, 6) is -1.19. The van der Waals surface area contributed by atoms with E-state index in [1.807, 2.05) is 0 Å². The minimum absolute atomic E-state index is 0.0636. The zero-order valence-corrected chi connectivity index (χ0v) is 21.1. The largest absolute Gasteiger partial charge is 0.382 e. The molecule has 1 amide bonds. The summed E-state index contributed by atoms with van der Waals surface area (Å²) in [6.07, 6.45) is 8.72. The van der Waals surface area contributed by atoms with Crippen molar-refractivity contribution in [1.82, 2.24) is 29.0 Å². The van der Waals surface area contributed by atoms with Crippen LogP contribution in [-0.4, -0.2) is 40.5 Å². The lowest BCUT2D eigenvalue weighted by Crippen LogP contribution is -2.54. The highest BCUT2D eigenvalue weighted by atomic mass is 19.3. The first-order chi connectivity index (χ1) is 19.2. The van der Waals surface area contributed by atoms with Crippen molar-refractivity contribution in [2.45, 2.75) is 44.3 Å². The van der Waals surface area contributed by atoms with E-state index in [0.717, 1.165) is 31.9 Å². The molecule has 40 heavy (non-hydrogen) atoms. The molecule has 8 rings (SSSR count). The van der Waals surface area contributed by atoms with Gasteiger partial charge in [0.25, 0.3) is 5.91 Å². The molecule has 0 atom stereocenters. The van der Waals surface area contributed by atoms with Crippen molar-refractivity contribution >= 4 is 28.3 Å². The molecule has 3 aromatic heterocycles. The van der Waals surface area contributed by atoms with Crippen molar-refractivity contribution in [2.75, 3.05) is 5.73 Å². The molecule has 2 bridgehead atoms. The van der Waals surface area contributed by atoms with Gasteiger partial charge in [0.05, 0.1) is 35.3 Å². The predicted octanol–water partition coefficient (Wildman–Crippen LogP) is 5.59. The number of nitrogen functional groups attached to an aromatic ring is 1. The average molecular weight is 550 g/mol. The Morgan fingerprint density at radius 1 is 1.10 bits per heavy atom. The van der Waals surface area contributed by atoms with E-state index in [9.17, 15) is 13.6 Å². The van der Waals surface area contributed by atoms with E-state index in [0.29, 0.717) is 32.8 Å². The number of nitrogens with zero attached hydrogens (tertiary/aromatic N) is 6. The number of imidazole rings is 1. The average Bonchev–Trinajstić information content (AvgIpc) is 3.71. The predicted molar refractivity (Wildman–Crippen MR) is 138 cm³/mol. The van der Waals surface area contributed by atoms with Crippen molar-refractivity contribution in [1.29, 1.82) is 0 Å². The molecule has 2 aromatic carbocycles. The van der Waals surface area contributed by atoms with Gasteiger partial charge in [0, 0.05) is 35.5 Å². The van der Waals surface area contributed by atoms with Gasteiger partial charge in [-0.25, -0.2) is 23.4 Å². The summed E-state index contributed by atoms with van der Waals surface area (Å²) < 4.78 is 58.8. The summed E-state index contributed by atoms with van der Waals surface area (Å²) >= 11 is 0. The molecule has 3 aliphatic rings. The van der Waals surface area contributed by atoms with E-state index >= 15 is 8.78 Å². The van der Waals surface area contributed by atoms with Gasteiger partial charge in [-0.2, -0.15) is 13.9 Å². The third kappa shape index (κ3) is 3.73. The molecule has 8 nitrogen and oxygen atoms in total. The number of aromatic nitrogens is 5. The zero-order valence-electron chi connectivity index (χ0n) is 21.1. The third-order valence-electron chi connectivity index (χ3n) is 8.39. The number of carbonyl (C=O) groups excluding carboxylic acids is 1. The Morgan fingerprint density at radius 2 is 1.93 bits per heavy atom. The summed E-state index contributed by atoms with van der Waals surface area (Å²) in [4.78, 5) is 24.0. The number of hydrogen-bond acceptors (Lipinski definition) is 5. The standard InChI is InChI=1S/C28H23F4N7O/c29-20-5-16(18-10-35-39(13-18)27(31)32)1-2-17(20)12-38(28-4-3-15(8-28)9-28)26(40)19-6-23-22(7-21(19)30)36-25(33)24-11-34-14-37(23)24/h1-2,5-7,10-11,13-15,27H,3-4,8-9,12H2,(H2,33,36). The molecule has 0 unspecified atom stereocenters. The van der Waals surface area contributed by atoms with Gasteiger partial charge in [-0.15, -0.1) is 0 Å². The molecule has 3 saturated carbocycles. The Morgan fingerprint density at radius 3 is 2.62 bits per heavy atom. The van der Waals surface area contributed by atoms with E-state index in [-0.39, 0.29) is 29.0 Å². The fourth-order valence-electron chi connectivity index (χ4n) is 6.33. The number of amides is 1. The number of carbonyl (C=O) groups is 1. The summed E-state index contributed by atoms with van der Waals surface area (Å²) in [6, 6.07) is 7.00. The number of hydrogen-bond donors (Lipinski definition) is 1. The van der Waals surface area contributed by atoms with Gasteiger partial charge in [-0.3, -0.25) is 9.20 Å². The smallest absolute Gasteiger partial charge is 0.333 e. The normalized spacial score (nSPS) is 20.0. The Hall–Kier alpha value is -4.48. The first-order valence-electron chi connectivity index (χ1n) is 12.9. The number of fused-ring (bicyclic) bond motifs is 4. The van der Waals surface area contributed by atoms with Gasteiger partial charge < -0.3 is 10.6 Å². The Kier molecular flexibility index (Phi) is 5.38. The van der Waals surface area contributed by atoms with Crippen LogP contribution < -0.4 is 5.73 Å². The first-order valence-corrected chi connectivity index (χ1v) is 12.9. The molecular formula is C28H23F4N7O. The van der Waals surface area contributed by atoms with Crippen LogP contribution in [0.5, 0.6) is 0 Å². The summed E-state index contributed by atoms with van der Waals surface area (Å²) in [5, 5.41) is 3.60. The molecule has 3 fully saturated rings. The van der Waals surface area contributed by atoms with Crippen molar-refractivity contribution < 1.29 is 22.4 Å². The lowest BCUT2D eigenvalue weighted by atomic mass is 9.75. The third-order valence-corrected chi connectivity index (χ3v) is 8.39. The van der Waals surface area contributed by atoms with Crippen LogP contribution in [0.4, 0.5) is 23.4 Å². The van der Waals surface area contributed by atoms with Gasteiger partial charge in [0.1, 0.15) is 23.0 Å². The molecule has 3 aliphatic carbocycles. The highest BCUT2D eigenvalue weighted by molar-refractivity contribution is 5.99. The molecule has 5 aromatic rings. The molecule has 12 heteroatoms. The van der Waals surface area contributed by atoms with Crippen LogP contribution in [0.1, 0.15) is 48.2 Å². The maximum Gasteiger partial charge on any atom is 0.333 e. The van der Waals surface area contributed by atoms with Crippen LogP contribution >= 0.6 is 0 Å². The second kappa shape index (κ2) is 8.77. The first kappa shape index (κ1) is 24.6. The topological polar surface area (TPSA) is 94.3 Å². The van der Waals surface area contributed by atoms with Crippen LogP contribution in [0.25, 0.3) is 27.7 Å². The maximum atomic E-state index is 15.4. The Labute approximate surface area is 225 Å². The fourth-order valence-corrected chi connectivity index (χ4v) is 6.33. The lowest BCUT2D eigenvalue weighted by molar-refractivity contribution is 0.0166. The van der Waals surface area contributed by atoms with Crippen molar-refractivity contribution in [3.05, 3.63) is 78.0 Å². The number of anilines is 1. The molecule has 0 saturated heterocycles. The number of rotatable bonds is 6. The number of nitrogens with two attached hydrogens (primary N) is 1. The summed E-state index contributed by atoms with van der Waals surface area (Å²) in [7, 11) is 0. The maximum absolute atomic E-state index is 15.4. The van der Waals surface area contributed by atoms with Crippen LogP contribution in [0.3, 0.4) is 0 Å². The van der Waals surface area contributed by atoms with Gasteiger partial charge in [0.15, 0.2) is 0 Å². The number of halogens is 4. The molecule has 0 radical (unpaired) electrons. The monoisotopic (exact) mass is 549 g/mol. The van der Waals surface area contributed by atoms with E-state index in [1.54, 1.807) is 15.4 Å². The Bertz CT molecular complexity index is 1800. The zero-order chi connectivity index (χ0) is 27.8. The highest BCUT2D eigenvalue weighted by Crippen LogP contribution is 2.56. The molecule has 204 valence electrons. The molecule has 3 heterocycles. The van der Waals surface area contributed by atoms with Crippen molar-refractivity contribution in [3.8, 4) is 11.1 Å². The van der Waals surface area contributed by atoms with Gasteiger partial charge in [-0.1, -0.05) is 12.1 Å². The van der Waals surface area contributed by atoms with Gasteiger partial charge in [-0.05, 0) is 49.3 Å². The molecule has 0 aliphatic heterocycles. The van der Waals surface area contributed by atoms with Crippen LogP contribution in [0.15, 0.2) is 55.2 Å². The van der Waals surface area contributed by atoms with Crippen LogP contribution in [0, 0.1) is 17.6 Å². The van der Waals surface area contributed by atoms with Gasteiger partial charge >= 0.3 is 6.55 Å². The lowest BCUT2D eigenvalue weighted by Gasteiger charge is -2.48. The van der Waals surface area contributed by atoms with Crippen LogP contribution in [0.2, 0.25) is 0 Å². The highest BCUT2D eigenvalue weighted by Gasteiger charge is 2.55. The summed E-state index contributed by atoms with van der Waals surface area (Å²) in [6.45, 7) is -2.87. The van der Waals surface area contributed by atoms with Gasteiger partial charge in [0.2, 0.25) is 0 Å². The summed E-state index contributed by atoms with van der Waals surface area (Å²) in [5.41, 5.74) is 7.62. The molecular weight excluding hydrogens is 526 g/mol. The minimum Gasteiger partial charge on any atom is -0.382 e. The molecule has 0 spiro atoms. The molecule has 2 N–H and O–H groups in total. The second-order valence-corrected chi connectivity index (χ2v) is 10.7. The second-order valence-electron chi connectivity index (χ2n) is 10.7. The van der Waals surface area contributed by atoms with E-state index in [1.165, 1.54) is 43.0 Å². The van der Waals surface area contributed by atoms with E-state index < -0.39 is 29.6 Å². The Balaban J connectivity index is 1.26. The quantitative estimate of drug-likeness (QED) is 0.279. The number of alkyl halides is 2.